The number of nitrogens with two attached hydrogens (primary N) is 1. The molecular weight excluding hydrogens is 176 g/mol. The largest absolute Gasteiger partial charge is 0.328 e. The molecule has 0 radical (unpaired) electrons. The van der Waals surface area contributed by atoms with Crippen molar-refractivity contribution < 1.29 is 0 Å². The molecule has 0 fully saturated rings. The molecule has 4 nitrogen and oxygen atoms in total. The van der Waals surface area contributed by atoms with E-state index in [-0.39, 0.29) is 6.04 Å². The van der Waals surface area contributed by atoms with E-state index in [4.69, 9.17) is 5.73 Å². The van der Waals surface area contributed by atoms with Gasteiger partial charge in [-0.15, -0.1) is 0 Å². The number of nitrogens with zero attached hydrogens (tertiary/aromatic N) is 3. The summed E-state index contributed by atoms with van der Waals surface area (Å²) in [7, 11) is 0. The van der Waals surface area contributed by atoms with Crippen LogP contribution in [0.15, 0.2) is 43.0 Å². The van der Waals surface area contributed by atoms with Crippen molar-refractivity contribution in [2.75, 3.05) is 6.54 Å². The Labute approximate surface area is 82.4 Å². The van der Waals surface area contributed by atoms with Crippen LogP contribution in [-0.4, -0.2) is 21.3 Å². The molecule has 0 saturated heterocycles. The predicted molar refractivity (Wildman–Crippen MR) is 53.7 cm³/mol. The van der Waals surface area contributed by atoms with Crippen LogP contribution in [-0.2, 0) is 0 Å². The summed E-state index contributed by atoms with van der Waals surface area (Å²) >= 11 is 0. The van der Waals surface area contributed by atoms with Gasteiger partial charge in [0.15, 0.2) is 0 Å². The normalized spacial score (nSPS) is 12.6. The maximum Gasteiger partial charge on any atom is 0.137 e. The molecule has 0 aliphatic heterocycles. The summed E-state index contributed by atoms with van der Waals surface area (Å²) in [6.07, 6.45) is 3.20. The molecule has 0 aliphatic rings. The second kappa shape index (κ2) is 4.02. The maximum absolute atomic E-state index is 5.71. The number of rotatable bonds is 3. The standard InChI is InChI=1S/C10H12N4/c11-6-10(14-8-12-7-13-14)9-4-2-1-3-5-9/h1-5,7-8,10H,6,11H2. The van der Waals surface area contributed by atoms with Crippen molar-refractivity contribution in [2.24, 2.45) is 5.73 Å². The summed E-state index contributed by atoms with van der Waals surface area (Å²) in [5.74, 6) is 0. The Hall–Kier alpha value is -1.68. The minimum absolute atomic E-state index is 0.0821. The summed E-state index contributed by atoms with van der Waals surface area (Å²) in [5.41, 5.74) is 6.86. The molecule has 0 aliphatic carbocycles. The average molecular weight is 188 g/mol. The predicted octanol–water partition coefficient (Wildman–Crippen LogP) is 0.826. The Morgan fingerprint density at radius 2 is 2.07 bits per heavy atom. The van der Waals surface area contributed by atoms with Crippen molar-refractivity contribution in [3.05, 3.63) is 48.5 Å². The highest BCUT2D eigenvalue weighted by atomic mass is 15.3. The molecule has 1 aromatic carbocycles. The Bertz CT molecular complexity index is 368. The zero-order valence-electron chi connectivity index (χ0n) is 7.74. The highest BCUT2D eigenvalue weighted by Gasteiger charge is 2.10. The van der Waals surface area contributed by atoms with E-state index >= 15 is 0 Å². The number of aromatic nitrogens is 3. The summed E-state index contributed by atoms with van der Waals surface area (Å²) in [4.78, 5) is 3.91. The molecule has 0 saturated carbocycles. The van der Waals surface area contributed by atoms with E-state index in [0.29, 0.717) is 6.54 Å². The van der Waals surface area contributed by atoms with Gasteiger partial charge in [-0.25, -0.2) is 9.67 Å². The third kappa shape index (κ3) is 1.65. The van der Waals surface area contributed by atoms with Crippen LogP contribution < -0.4 is 5.73 Å². The lowest BCUT2D eigenvalue weighted by Crippen LogP contribution is -2.20. The van der Waals surface area contributed by atoms with E-state index in [2.05, 4.69) is 10.1 Å². The third-order valence-electron chi connectivity index (χ3n) is 2.16. The summed E-state index contributed by atoms with van der Waals surface area (Å²) in [6, 6.07) is 10.1. The van der Waals surface area contributed by atoms with Crippen molar-refractivity contribution in [1.82, 2.24) is 14.8 Å². The van der Waals surface area contributed by atoms with Gasteiger partial charge in [0.2, 0.25) is 0 Å². The molecule has 1 unspecified atom stereocenters. The first-order valence-electron chi connectivity index (χ1n) is 4.51. The molecule has 0 bridgehead atoms. The Kier molecular flexibility index (Phi) is 2.55. The summed E-state index contributed by atoms with van der Waals surface area (Å²) in [5, 5.41) is 4.09. The Balaban J connectivity index is 2.31. The average Bonchev–Trinajstić information content (AvgIpc) is 2.74. The lowest BCUT2D eigenvalue weighted by atomic mass is 10.1. The second-order valence-corrected chi connectivity index (χ2v) is 3.04. The van der Waals surface area contributed by atoms with Crippen molar-refractivity contribution >= 4 is 0 Å². The highest BCUT2D eigenvalue weighted by Crippen LogP contribution is 2.14. The second-order valence-electron chi connectivity index (χ2n) is 3.04. The molecule has 4 heteroatoms. The van der Waals surface area contributed by atoms with Crippen LogP contribution in [0.25, 0.3) is 0 Å². The van der Waals surface area contributed by atoms with E-state index in [1.807, 2.05) is 30.3 Å². The molecule has 2 rings (SSSR count). The molecule has 2 N–H and O–H groups in total. The van der Waals surface area contributed by atoms with E-state index in [9.17, 15) is 0 Å². The molecule has 1 atom stereocenters. The van der Waals surface area contributed by atoms with Gasteiger partial charge in [-0.3, -0.25) is 0 Å². The van der Waals surface area contributed by atoms with Crippen LogP contribution in [0.4, 0.5) is 0 Å². The zero-order chi connectivity index (χ0) is 9.80. The first-order valence-corrected chi connectivity index (χ1v) is 4.51. The molecule has 0 amide bonds. The SMILES string of the molecule is NCC(c1ccccc1)n1cncn1. The Morgan fingerprint density at radius 1 is 1.29 bits per heavy atom. The van der Waals surface area contributed by atoms with Crippen LogP contribution in [0.1, 0.15) is 11.6 Å². The number of hydrogen-bond donors (Lipinski definition) is 1. The molecule has 14 heavy (non-hydrogen) atoms. The van der Waals surface area contributed by atoms with Gasteiger partial charge in [-0.05, 0) is 5.56 Å². The summed E-state index contributed by atoms with van der Waals surface area (Å²) in [6.45, 7) is 0.521. The van der Waals surface area contributed by atoms with Crippen LogP contribution in [0.5, 0.6) is 0 Å². The van der Waals surface area contributed by atoms with E-state index in [0.717, 1.165) is 5.56 Å². The lowest BCUT2D eigenvalue weighted by molar-refractivity contribution is 0.530. The van der Waals surface area contributed by atoms with Crippen LogP contribution >= 0.6 is 0 Å². The van der Waals surface area contributed by atoms with Crippen LogP contribution in [0.3, 0.4) is 0 Å². The van der Waals surface area contributed by atoms with Gasteiger partial charge in [0, 0.05) is 6.54 Å². The minimum Gasteiger partial charge on any atom is -0.328 e. The van der Waals surface area contributed by atoms with Gasteiger partial charge >= 0.3 is 0 Å². The third-order valence-corrected chi connectivity index (χ3v) is 2.16. The van der Waals surface area contributed by atoms with Crippen molar-refractivity contribution in [1.29, 1.82) is 0 Å². The van der Waals surface area contributed by atoms with Crippen LogP contribution in [0, 0.1) is 0 Å². The van der Waals surface area contributed by atoms with Crippen molar-refractivity contribution in [2.45, 2.75) is 6.04 Å². The van der Waals surface area contributed by atoms with Gasteiger partial charge in [-0.2, -0.15) is 5.10 Å². The van der Waals surface area contributed by atoms with Gasteiger partial charge in [-0.1, -0.05) is 30.3 Å². The number of hydrogen-bond acceptors (Lipinski definition) is 3. The smallest absolute Gasteiger partial charge is 0.137 e. The minimum atomic E-state index is 0.0821. The van der Waals surface area contributed by atoms with Gasteiger partial charge in [0.05, 0.1) is 6.04 Å². The van der Waals surface area contributed by atoms with Gasteiger partial charge in [0.25, 0.3) is 0 Å². The van der Waals surface area contributed by atoms with Crippen molar-refractivity contribution in [3.8, 4) is 0 Å². The fourth-order valence-electron chi connectivity index (χ4n) is 1.45. The van der Waals surface area contributed by atoms with Gasteiger partial charge < -0.3 is 5.73 Å². The highest BCUT2D eigenvalue weighted by molar-refractivity contribution is 5.19. The zero-order valence-corrected chi connectivity index (χ0v) is 7.74. The Morgan fingerprint density at radius 3 is 2.64 bits per heavy atom. The molecule has 72 valence electrons. The fraction of sp³-hybridized carbons (Fsp3) is 0.200. The molecule has 0 spiro atoms. The van der Waals surface area contributed by atoms with E-state index in [1.165, 1.54) is 6.33 Å². The monoisotopic (exact) mass is 188 g/mol. The van der Waals surface area contributed by atoms with Gasteiger partial charge in [0.1, 0.15) is 12.7 Å². The topological polar surface area (TPSA) is 56.7 Å². The molecule has 1 aromatic heterocycles. The molecule has 1 heterocycles. The van der Waals surface area contributed by atoms with Crippen LogP contribution in [0.2, 0.25) is 0 Å². The first kappa shape index (κ1) is 8.90. The molecular formula is C10H12N4. The first-order chi connectivity index (χ1) is 6.92. The molecule has 2 aromatic rings. The maximum atomic E-state index is 5.71. The lowest BCUT2D eigenvalue weighted by Gasteiger charge is -2.14. The van der Waals surface area contributed by atoms with E-state index < -0.39 is 0 Å². The van der Waals surface area contributed by atoms with E-state index in [1.54, 1.807) is 11.0 Å². The summed E-state index contributed by atoms with van der Waals surface area (Å²) < 4.78 is 1.77. The van der Waals surface area contributed by atoms with Crippen molar-refractivity contribution in [3.63, 3.8) is 0 Å². The fourth-order valence-corrected chi connectivity index (χ4v) is 1.45. The quantitative estimate of drug-likeness (QED) is 0.776. The number of benzene rings is 1.